The van der Waals surface area contributed by atoms with Crippen molar-refractivity contribution >= 4 is 18.0 Å². The Kier molecular flexibility index (Phi) is 5.42. The molecule has 1 aliphatic rings. The first-order valence-electron chi connectivity index (χ1n) is 7.78. The van der Waals surface area contributed by atoms with E-state index in [1.54, 1.807) is 0 Å². The largest absolute Gasteiger partial charge is 0.492 e. The lowest BCUT2D eigenvalue weighted by atomic mass is 10.0. The van der Waals surface area contributed by atoms with Crippen LogP contribution in [0.2, 0.25) is 0 Å². The quantitative estimate of drug-likeness (QED) is 0.862. The van der Waals surface area contributed by atoms with Crippen LogP contribution in [0.15, 0.2) is 24.3 Å². The maximum Gasteiger partial charge on any atom is 0.407 e. The lowest BCUT2D eigenvalue weighted by Gasteiger charge is -2.19. The van der Waals surface area contributed by atoms with Crippen molar-refractivity contribution < 1.29 is 19.1 Å². The number of nitrogens with one attached hydrogen (secondary N) is 1. The van der Waals surface area contributed by atoms with Gasteiger partial charge in [0.15, 0.2) is 5.78 Å². The first-order chi connectivity index (χ1) is 10.8. The number of rotatable bonds is 4. The van der Waals surface area contributed by atoms with Crippen molar-refractivity contribution in [1.82, 2.24) is 5.32 Å². The van der Waals surface area contributed by atoms with Crippen LogP contribution in [0, 0.1) is 0 Å². The first kappa shape index (κ1) is 17.1. The van der Waals surface area contributed by atoms with Gasteiger partial charge in [0.05, 0.1) is 12.2 Å². The third-order valence-electron chi connectivity index (χ3n) is 3.18. The highest BCUT2D eigenvalue weighted by molar-refractivity contribution is 6.00. The summed E-state index contributed by atoms with van der Waals surface area (Å²) in [7, 11) is 0. The van der Waals surface area contributed by atoms with E-state index in [1.165, 1.54) is 0 Å². The lowest BCUT2D eigenvalue weighted by molar-refractivity contribution is 0.0528. The Morgan fingerprint density at radius 1 is 1.39 bits per heavy atom. The molecule has 0 spiro atoms. The van der Waals surface area contributed by atoms with Gasteiger partial charge in [0.25, 0.3) is 0 Å². The Balaban J connectivity index is 1.81. The van der Waals surface area contributed by atoms with Crippen molar-refractivity contribution in [2.45, 2.75) is 39.2 Å². The van der Waals surface area contributed by atoms with Gasteiger partial charge in [0.2, 0.25) is 0 Å². The summed E-state index contributed by atoms with van der Waals surface area (Å²) >= 11 is 0. The van der Waals surface area contributed by atoms with Gasteiger partial charge in [-0.15, -0.1) is 0 Å². The average Bonchev–Trinajstić information content (AvgIpc) is 2.46. The van der Waals surface area contributed by atoms with E-state index in [9.17, 15) is 9.59 Å². The van der Waals surface area contributed by atoms with Crippen LogP contribution in [0.25, 0.3) is 6.08 Å². The zero-order valence-corrected chi connectivity index (χ0v) is 13.8. The van der Waals surface area contributed by atoms with Crippen LogP contribution in [-0.2, 0) is 4.74 Å². The maximum absolute atomic E-state index is 11.8. The molecule has 2 rings (SSSR count). The van der Waals surface area contributed by atoms with Gasteiger partial charge in [-0.2, -0.15) is 0 Å². The van der Waals surface area contributed by atoms with Crippen LogP contribution < -0.4 is 10.1 Å². The Morgan fingerprint density at radius 2 is 2.17 bits per heavy atom. The fourth-order valence-electron chi connectivity index (χ4n) is 2.17. The molecule has 0 saturated heterocycles. The number of Topliss-reactive ketones (excluding diaryl/α,β-unsaturated/α-hetero) is 1. The van der Waals surface area contributed by atoms with E-state index in [4.69, 9.17) is 9.47 Å². The van der Waals surface area contributed by atoms with E-state index < -0.39 is 11.7 Å². The van der Waals surface area contributed by atoms with Crippen molar-refractivity contribution in [3.05, 3.63) is 35.4 Å². The van der Waals surface area contributed by atoms with Gasteiger partial charge in [0.1, 0.15) is 11.4 Å². The minimum Gasteiger partial charge on any atom is -0.492 e. The van der Waals surface area contributed by atoms with Gasteiger partial charge < -0.3 is 14.8 Å². The van der Waals surface area contributed by atoms with E-state index >= 15 is 0 Å². The third-order valence-corrected chi connectivity index (χ3v) is 3.18. The molecule has 0 radical (unpaired) electrons. The number of ether oxygens (including phenoxy) is 2. The van der Waals surface area contributed by atoms with Gasteiger partial charge in [-0.1, -0.05) is 18.2 Å². The molecule has 0 saturated carbocycles. The Morgan fingerprint density at radius 3 is 2.91 bits per heavy atom. The van der Waals surface area contributed by atoms with Crippen LogP contribution in [0.1, 0.15) is 49.5 Å². The second-order valence-corrected chi connectivity index (χ2v) is 6.40. The average molecular weight is 317 g/mol. The van der Waals surface area contributed by atoms with Crippen LogP contribution in [0.4, 0.5) is 4.79 Å². The molecule has 0 bridgehead atoms. The second-order valence-electron chi connectivity index (χ2n) is 6.40. The minimum absolute atomic E-state index is 0.119. The van der Waals surface area contributed by atoms with Crippen LogP contribution >= 0.6 is 0 Å². The van der Waals surface area contributed by atoms with Crippen molar-refractivity contribution in [3.8, 4) is 5.75 Å². The van der Waals surface area contributed by atoms with E-state index in [-0.39, 0.29) is 5.78 Å². The number of benzene rings is 1. The van der Waals surface area contributed by atoms with E-state index in [0.717, 1.165) is 5.56 Å². The summed E-state index contributed by atoms with van der Waals surface area (Å²) in [6, 6.07) is 5.58. The summed E-state index contributed by atoms with van der Waals surface area (Å²) in [6.45, 7) is 6.44. The monoisotopic (exact) mass is 317 g/mol. The Labute approximate surface area is 136 Å². The number of fused-ring (bicyclic) bond motifs is 1. The second kappa shape index (κ2) is 7.31. The number of alkyl carbamates (subject to hydrolysis) is 1. The molecule has 1 aromatic rings. The summed E-state index contributed by atoms with van der Waals surface area (Å²) in [5.41, 5.74) is 1.10. The van der Waals surface area contributed by atoms with Crippen LogP contribution in [-0.4, -0.2) is 30.6 Å². The number of carbonyl (C=O) groups is 2. The van der Waals surface area contributed by atoms with Gasteiger partial charge >= 0.3 is 6.09 Å². The summed E-state index contributed by atoms with van der Waals surface area (Å²) in [5, 5.41) is 2.70. The number of hydrogen-bond acceptors (Lipinski definition) is 4. The van der Waals surface area contributed by atoms with Gasteiger partial charge in [0, 0.05) is 13.0 Å². The lowest BCUT2D eigenvalue weighted by Crippen LogP contribution is -2.32. The van der Waals surface area contributed by atoms with E-state index in [0.29, 0.717) is 37.3 Å². The van der Waals surface area contributed by atoms with Crippen LogP contribution in [0.5, 0.6) is 5.75 Å². The standard InChI is InChI=1S/C18H23NO4/c1-18(2,3)23-17(21)19-10-5-4-6-13-7-8-16-14(12-13)15(20)9-11-22-16/h4,6-8,12H,5,9-11H2,1-3H3,(H,19,21). The van der Waals surface area contributed by atoms with Crippen molar-refractivity contribution in [1.29, 1.82) is 0 Å². The summed E-state index contributed by atoms with van der Waals surface area (Å²) in [5.74, 6) is 0.776. The first-order valence-corrected chi connectivity index (χ1v) is 7.78. The molecule has 1 aliphatic heterocycles. The van der Waals surface area contributed by atoms with E-state index in [2.05, 4.69) is 5.32 Å². The molecular formula is C18H23NO4. The Bertz CT molecular complexity index is 614. The van der Waals surface area contributed by atoms with Crippen molar-refractivity contribution in [2.75, 3.05) is 13.2 Å². The molecule has 0 aliphatic carbocycles. The fourth-order valence-corrected chi connectivity index (χ4v) is 2.17. The molecule has 0 fully saturated rings. The van der Waals surface area contributed by atoms with Crippen molar-refractivity contribution in [3.63, 3.8) is 0 Å². The molecular weight excluding hydrogens is 294 g/mol. The van der Waals surface area contributed by atoms with Gasteiger partial charge in [-0.05, 0) is 44.9 Å². The van der Waals surface area contributed by atoms with E-state index in [1.807, 2.05) is 51.1 Å². The SMILES string of the molecule is CC(C)(C)OC(=O)NCCC=Cc1ccc2c(c1)C(=O)CCO2. The summed E-state index contributed by atoms with van der Waals surface area (Å²) < 4.78 is 10.6. The summed E-state index contributed by atoms with van der Waals surface area (Å²) in [4.78, 5) is 23.3. The molecule has 0 atom stereocenters. The number of hydrogen-bond donors (Lipinski definition) is 1. The predicted octanol–water partition coefficient (Wildman–Crippen LogP) is 3.58. The number of ketones is 1. The Hall–Kier alpha value is -2.30. The maximum atomic E-state index is 11.8. The third kappa shape index (κ3) is 5.43. The zero-order valence-electron chi connectivity index (χ0n) is 13.8. The van der Waals surface area contributed by atoms with Crippen molar-refractivity contribution in [2.24, 2.45) is 0 Å². The smallest absolute Gasteiger partial charge is 0.407 e. The summed E-state index contributed by atoms with van der Waals surface area (Å²) in [6.07, 6.45) is 4.58. The number of carbonyl (C=O) groups excluding carboxylic acids is 2. The molecule has 1 heterocycles. The molecule has 5 heteroatoms. The normalized spacial score (nSPS) is 14.3. The molecule has 1 amide bonds. The molecule has 124 valence electrons. The highest BCUT2D eigenvalue weighted by atomic mass is 16.6. The molecule has 0 aromatic heterocycles. The molecule has 1 aromatic carbocycles. The molecule has 5 nitrogen and oxygen atoms in total. The van der Waals surface area contributed by atoms with Crippen LogP contribution in [0.3, 0.4) is 0 Å². The number of amides is 1. The molecule has 1 N–H and O–H groups in total. The minimum atomic E-state index is -0.488. The fraction of sp³-hybridized carbons (Fsp3) is 0.444. The highest BCUT2D eigenvalue weighted by Gasteiger charge is 2.18. The van der Waals surface area contributed by atoms with Gasteiger partial charge in [-0.25, -0.2) is 4.79 Å². The topological polar surface area (TPSA) is 64.6 Å². The molecule has 0 unspecified atom stereocenters. The predicted molar refractivity (Wildman–Crippen MR) is 88.8 cm³/mol. The molecule has 23 heavy (non-hydrogen) atoms. The zero-order chi connectivity index (χ0) is 16.9. The highest BCUT2D eigenvalue weighted by Crippen LogP contribution is 2.26. The van der Waals surface area contributed by atoms with Gasteiger partial charge in [-0.3, -0.25) is 4.79 Å².